The largest absolute Gasteiger partial charge is 0.366 e. The Morgan fingerprint density at radius 3 is 2.31 bits per heavy atom. The van der Waals surface area contributed by atoms with Gasteiger partial charge in [0, 0.05) is 39.3 Å². The topological polar surface area (TPSA) is 57.5 Å². The Morgan fingerprint density at radius 2 is 1.60 bits per heavy atom. The van der Waals surface area contributed by atoms with Crippen LogP contribution in [-0.4, -0.2) is 70.6 Å². The summed E-state index contributed by atoms with van der Waals surface area (Å²) in [6.07, 6.45) is 3.55. The lowest BCUT2D eigenvalue weighted by Gasteiger charge is -2.36. The summed E-state index contributed by atoms with van der Waals surface area (Å²) < 4.78 is 16.2. The third-order valence-corrected chi connectivity index (χ3v) is 7.61. The summed E-state index contributed by atoms with van der Waals surface area (Å²) in [5.41, 5.74) is 2.81. The third-order valence-electron chi connectivity index (χ3n) is 6.70. The average Bonchev–Trinajstić information content (AvgIpc) is 3.32. The van der Waals surface area contributed by atoms with E-state index in [-0.39, 0.29) is 11.7 Å². The van der Waals surface area contributed by atoms with E-state index in [1.54, 1.807) is 12.1 Å². The Kier molecular flexibility index (Phi) is 7.22. The van der Waals surface area contributed by atoms with Gasteiger partial charge in [0.15, 0.2) is 5.16 Å². The second kappa shape index (κ2) is 10.7. The van der Waals surface area contributed by atoms with Crippen LogP contribution in [0.15, 0.2) is 53.7 Å². The van der Waals surface area contributed by atoms with Gasteiger partial charge in [0.25, 0.3) is 0 Å². The molecule has 3 heterocycles. The number of para-hydroxylation sites is 1. The Morgan fingerprint density at radius 1 is 0.886 bits per heavy atom. The highest BCUT2D eigenvalue weighted by molar-refractivity contribution is 7.99. The number of amides is 1. The molecule has 2 aliphatic rings. The average molecular weight is 495 g/mol. The van der Waals surface area contributed by atoms with E-state index < -0.39 is 0 Å². The first-order valence-corrected chi connectivity index (χ1v) is 13.3. The fourth-order valence-electron chi connectivity index (χ4n) is 4.70. The minimum atomic E-state index is -0.220. The van der Waals surface area contributed by atoms with E-state index in [0.717, 1.165) is 42.7 Å². The number of benzene rings is 2. The van der Waals surface area contributed by atoms with Crippen molar-refractivity contribution in [3.05, 3.63) is 59.9 Å². The summed E-state index contributed by atoms with van der Waals surface area (Å²) in [7, 11) is 0. The van der Waals surface area contributed by atoms with Crippen LogP contribution in [0.4, 0.5) is 16.0 Å². The zero-order chi connectivity index (χ0) is 24.2. The lowest BCUT2D eigenvalue weighted by molar-refractivity contribution is -0.128. The number of carbonyl (C=O) groups is 1. The number of hydrogen-bond donors (Lipinski definition) is 0. The van der Waals surface area contributed by atoms with Crippen molar-refractivity contribution < 1.29 is 9.18 Å². The Hall–Kier alpha value is -3.07. The molecule has 9 heteroatoms. The number of rotatable bonds is 6. The van der Waals surface area contributed by atoms with Crippen molar-refractivity contribution in [1.82, 2.24) is 19.7 Å². The quantitative estimate of drug-likeness (QED) is 0.480. The number of thioether (sulfide) groups is 1. The van der Waals surface area contributed by atoms with E-state index in [4.69, 9.17) is 0 Å². The van der Waals surface area contributed by atoms with Crippen molar-refractivity contribution in [3.63, 3.8) is 0 Å². The molecular formula is C26H31FN6OS. The van der Waals surface area contributed by atoms with Gasteiger partial charge in [0.1, 0.15) is 5.82 Å². The SMILES string of the molecule is Cc1ccc(-n2c(SCC(=O)N3CCN(c4ccccc4F)CC3)nnc2N2CCCCC2)cc1. The second-order valence-corrected chi connectivity index (χ2v) is 10.1. The van der Waals surface area contributed by atoms with E-state index in [0.29, 0.717) is 37.6 Å². The van der Waals surface area contributed by atoms with Gasteiger partial charge in [-0.2, -0.15) is 0 Å². The maximum atomic E-state index is 14.1. The van der Waals surface area contributed by atoms with Crippen molar-refractivity contribution in [2.45, 2.75) is 31.3 Å². The molecule has 7 nitrogen and oxygen atoms in total. The molecule has 2 aliphatic heterocycles. The lowest BCUT2D eigenvalue weighted by atomic mass is 10.1. The molecule has 0 bridgehead atoms. The van der Waals surface area contributed by atoms with Crippen LogP contribution in [0.25, 0.3) is 5.69 Å². The van der Waals surface area contributed by atoms with Crippen molar-refractivity contribution >= 4 is 29.3 Å². The minimum absolute atomic E-state index is 0.0705. The van der Waals surface area contributed by atoms with Gasteiger partial charge in [0.2, 0.25) is 11.9 Å². The Bertz CT molecular complexity index is 1150. The van der Waals surface area contributed by atoms with Crippen molar-refractivity contribution in [2.24, 2.45) is 0 Å². The number of carbonyl (C=O) groups excluding carboxylic acids is 1. The van der Waals surface area contributed by atoms with Crippen LogP contribution in [0.2, 0.25) is 0 Å². The summed E-state index contributed by atoms with van der Waals surface area (Å²) in [4.78, 5) is 19.2. The van der Waals surface area contributed by atoms with Gasteiger partial charge >= 0.3 is 0 Å². The zero-order valence-corrected chi connectivity index (χ0v) is 20.9. The highest BCUT2D eigenvalue weighted by atomic mass is 32.2. The van der Waals surface area contributed by atoms with E-state index >= 15 is 0 Å². The van der Waals surface area contributed by atoms with Gasteiger partial charge < -0.3 is 14.7 Å². The van der Waals surface area contributed by atoms with E-state index in [1.807, 2.05) is 15.9 Å². The van der Waals surface area contributed by atoms with Crippen LogP contribution in [0.5, 0.6) is 0 Å². The normalized spacial score (nSPS) is 16.6. The predicted molar refractivity (Wildman–Crippen MR) is 138 cm³/mol. The molecule has 1 aromatic heterocycles. The summed E-state index contributed by atoms with van der Waals surface area (Å²) in [6.45, 7) is 6.42. The summed E-state index contributed by atoms with van der Waals surface area (Å²) in [5, 5.41) is 9.74. The molecule has 35 heavy (non-hydrogen) atoms. The molecule has 0 unspecified atom stereocenters. The van der Waals surface area contributed by atoms with Gasteiger partial charge in [-0.05, 0) is 50.5 Å². The molecule has 1 amide bonds. The first kappa shape index (κ1) is 23.7. The van der Waals surface area contributed by atoms with Gasteiger partial charge in [-0.1, -0.05) is 41.6 Å². The summed E-state index contributed by atoms with van der Waals surface area (Å²) >= 11 is 1.43. The van der Waals surface area contributed by atoms with Crippen LogP contribution in [-0.2, 0) is 4.79 Å². The predicted octanol–water partition coefficient (Wildman–Crippen LogP) is 4.15. The molecule has 2 saturated heterocycles. The maximum Gasteiger partial charge on any atom is 0.233 e. The molecule has 0 saturated carbocycles. The molecule has 0 atom stereocenters. The Balaban J connectivity index is 1.26. The summed E-state index contributed by atoms with van der Waals surface area (Å²) in [5.74, 6) is 0.995. The number of piperazine rings is 1. The van der Waals surface area contributed by atoms with Crippen LogP contribution < -0.4 is 9.80 Å². The molecule has 0 aliphatic carbocycles. The molecule has 2 fully saturated rings. The number of aromatic nitrogens is 3. The van der Waals surface area contributed by atoms with E-state index in [1.165, 1.54) is 29.8 Å². The van der Waals surface area contributed by atoms with Gasteiger partial charge in [-0.15, -0.1) is 10.2 Å². The zero-order valence-electron chi connectivity index (χ0n) is 20.1. The van der Waals surface area contributed by atoms with Gasteiger partial charge in [-0.25, -0.2) is 4.39 Å². The molecule has 3 aromatic rings. The smallest absolute Gasteiger partial charge is 0.233 e. The maximum absolute atomic E-state index is 14.1. The monoisotopic (exact) mass is 494 g/mol. The fraction of sp³-hybridized carbons (Fsp3) is 0.423. The molecule has 5 rings (SSSR count). The molecule has 0 radical (unpaired) electrons. The van der Waals surface area contributed by atoms with Crippen LogP contribution in [0.3, 0.4) is 0 Å². The first-order valence-electron chi connectivity index (χ1n) is 12.3. The molecule has 0 spiro atoms. The minimum Gasteiger partial charge on any atom is -0.366 e. The van der Waals surface area contributed by atoms with Crippen LogP contribution >= 0.6 is 11.8 Å². The van der Waals surface area contributed by atoms with Gasteiger partial charge in [0.05, 0.1) is 17.1 Å². The molecule has 2 aromatic carbocycles. The molecular weight excluding hydrogens is 463 g/mol. The second-order valence-electron chi connectivity index (χ2n) is 9.11. The number of halogens is 1. The number of aryl methyl sites for hydroxylation is 1. The molecule has 0 N–H and O–H groups in total. The fourth-order valence-corrected chi connectivity index (χ4v) is 5.55. The van der Waals surface area contributed by atoms with Crippen molar-refractivity contribution in [2.75, 3.05) is 54.8 Å². The van der Waals surface area contributed by atoms with Crippen molar-refractivity contribution in [3.8, 4) is 5.69 Å². The third kappa shape index (κ3) is 5.29. The summed E-state index contributed by atoms with van der Waals surface area (Å²) in [6, 6.07) is 15.1. The van der Waals surface area contributed by atoms with E-state index in [2.05, 4.69) is 50.9 Å². The molecule has 184 valence electrons. The van der Waals surface area contributed by atoms with Gasteiger partial charge in [-0.3, -0.25) is 9.36 Å². The van der Waals surface area contributed by atoms with Crippen molar-refractivity contribution in [1.29, 1.82) is 0 Å². The van der Waals surface area contributed by atoms with Crippen LogP contribution in [0, 0.1) is 12.7 Å². The van der Waals surface area contributed by atoms with Crippen LogP contribution in [0.1, 0.15) is 24.8 Å². The van der Waals surface area contributed by atoms with E-state index in [9.17, 15) is 9.18 Å². The number of hydrogen-bond acceptors (Lipinski definition) is 6. The highest BCUT2D eigenvalue weighted by Crippen LogP contribution is 2.29. The number of anilines is 2. The lowest BCUT2D eigenvalue weighted by Crippen LogP contribution is -2.49. The first-order chi connectivity index (χ1) is 17.1. The number of nitrogens with zero attached hydrogens (tertiary/aromatic N) is 6. The Labute approximate surface area is 209 Å². The standard InChI is InChI=1S/C26H31FN6OS/c1-20-9-11-21(12-10-20)33-25(32-13-5-2-6-14-32)28-29-26(33)35-19-24(34)31-17-15-30(16-18-31)23-8-4-3-7-22(23)27/h3-4,7-12H,2,5-6,13-19H2,1H3. The highest BCUT2D eigenvalue weighted by Gasteiger charge is 2.25. The number of piperidine rings is 1.